The van der Waals surface area contributed by atoms with E-state index in [-0.39, 0.29) is 17.7 Å². The number of nitrogens with zero attached hydrogens (tertiary/aromatic N) is 3. The van der Waals surface area contributed by atoms with Crippen molar-refractivity contribution in [2.24, 2.45) is 0 Å². The second kappa shape index (κ2) is 9.71. The van der Waals surface area contributed by atoms with Gasteiger partial charge < -0.3 is 14.6 Å². The number of halogens is 1. The lowest BCUT2D eigenvalue weighted by Gasteiger charge is -2.35. The molecule has 7 nitrogen and oxygen atoms in total. The van der Waals surface area contributed by atoms with Crippen molar-refractivity contribution in [2.45, 2.75) is 26.4 Å². The van der Waals surface area contributed by atoms with Gasteiger partial charge in [-0.25, -0.2) is 9.18 Å². The van der Waals surface area contributed by atoms with Crippen molar-refractivity contribution in [2.75, 3.05) is 6.61 Å². The summed E-state index contributed by atoms with van der Waals surface area (Å²) in [6.45, 7) is 4.78. The molecule has 0 bridgehead atoms. The molecule has 9 heteroatoms. The summed E-state index contributed by atoms with van der Waals surface area (Å²) in [5, 5.41) is 9.19. The molecule has 0 spiro atoms. The molecule has 1 unspecified atom stereocenters. The van der Waals surface area contributed by atoms with Gasteiger partial charge in [0.15, 0.2) is 0 Å². The summed E-state index contributed by atoms with van der Waals surface area (Å²) in [7, 11) is 0. The number of urea groups is 1. The van der Waals surface area contributed by atoms with E-state index in [0.29, 0.717) is 35.8 Å². The van der Waals surface area contributed by atoms with Gasteiger partial charge in [0.05, 0.1) is 24.8 Å². The SMILES string of the molecule is CCOc1ccc(-c2noc(C3=C(C)N(Cc4cccs4)C(=O)NC3c3ccc(F)cc3)n2)cc1. The van der Waals surface area contributed by atoms with E-state index in [4.69, 9.17) is 9.26 Å². The smallest absolute Gasteiger partial charge is 0.322 e. The zero-order valence-corrected chi connectivity index (χ0v) is 20.0. The number of benzene rings is 2. The fourth-order valence-electron chi connectivity index (χ4n) is 4.03. The Morgan fingerprint density at radius 1 is 1.14 bits per heavy atom. The first-order valence-electron chi connectivity index (χ1n) is 11.2. The van der Waals surface area contributed by atoms with Gasteiger partial charge in [0.25, 0.3) is 5.89 Å². The van der Waals surface area contributed by atoms with Gasteiger partial charge in [0.1, 0.15) is 11.6 Å². The average molecular weight is 491 g/mol. The molecule has 5 rings (SSSR count). The zero-order chi connectivity index (χ0) is 24.4. The van der Waals surface area contributed by atoms with Gasteiger partial charge in [0, 0.05) is 16.1 Å². The highest BCUT2D eigenvalue weighted by Crippen LogP contribution is 2.38. The molecule has 0 fully saturated rings. The Balaban J connectivity index is 1.55. The summed E-state index contributed by atoms with van der Waals surface area (Å²) >= 11 is 1.57. The van der Waals surface area contributed by atoms with Crippen molar-refractivity contribution < 1.29 is 18.4 Å². The predicted molar refractivity (Wildman–Crippen MR) is 131 cm³/mol. The molecule has 1 N–H and O–H groups in total. The number of carbonyl (C=O) groups excluding carboxylic acids is 1. The molecule has 4 aromatic rings. The highest BCUT2D eigenvalue weighted by molar-refractivity contribution is 7.09. The number of hydrogen-bond donors (Lipinski definition) is 1. The first kappa shape index (κ1) is 22.8. The Bertz CT molecular complexity index is 1350. The van der Waals surface area contributed by atoms with Gasteiger partial charge >= 0.3 is 6.03 Å². The molecule has 2 amide bonds. The normalized spacial score (nSPS) is 15.9. The summed E-state index contributed by atoms with van der Waals surface area (Å²) in [5.41, 5.74) is 2.84. The van der Waals surface area contributed by atoms with Crippen LogP contribution < -0.4 is 10.1 Å². The Labute approximate surface area is 205 Å². The highest BCUT2D eigenvalue weighted by atomic mass is 32.1. The van der Waals surface area contributed by atoms with Crippen LogP contribution in [0, 0.1) is 5.82 Å². The quantitative estimate of drug-likeness (QED) is 0.342. The van der Waals surface area contributed by atoms with Crippen LogP contribution in [-0.4, -0.2) is 27.7 Å². The zero-order valence-electron chi connectivity index (χ0n) is 19.2. The van der Waals surface area contributed by atoms with Crippen LogP contribution in [0.3, 0.4) is 0 Å². The fraction of sp³-hybridized carbons (Fsp3) is 0.192. The summed E-state index contributed by atoms with van der Waals surface area (Å²) in [6.07, 6.45) is 0. The summed E-state index contributed by atoms with van der Waals surface area (Å²) in [6, 6.07) is 16.6. The maximum atomic E-state index is 13.6. The lowest BCUT2D eigenvalue weighted by molar-refractivity contribution is 0.203. The van der Waals surface area contributed by atoms with Crippen molar-refractivity contribution in [3.63, 3.8) is 0 Å². The van der Waals surface area contributed by atoms with E-state index in [2.05, 4.69) is 15.5 Å². The molecule has 0 radical (unpaired) electrons. The number of allylic oxidation sites excluding steroid dienone is 1. The van der Waals surface area contributed by atoms with Crippen molar-refractivity contribution in [3.8, 4) is 17.1 Å². The largest absolute Gasteiger partial charge is 0.494 e. The van der Waals surface area contributed by atoms with E-state index in [1.165, 1.54) is 12.1 Å². The Morgan fingerprint density at radius 2 is 1.91 bits per heavy atom. The van der Waals surface area contributed by atoms with Crippen LogP contribution >= 0.6 is 11.3 Å². The van der Waals surface area contributed by atoms with Crippen molar-refractivity contribution in [1.29, 1.82) is 0 Å². The molecular formula is C26H23FN4O3S. The van der Waals surface area contributed by atoms with E-state index in [0.717, 1.165) is 16.2 Å². The maximum absolute atomic E-state index is 13.6. The molecule has 1 atom stereocenters. The third kappa shape index (κ3) is 4.67. The summed E-state index contributed by atoms with van der Waals surface area (Å²) < 4.78 is 24.8. The van der Waals surface area contributed by atoms with Crippen LogP contribution in [0.15, 0.2) is 76.3 Å². The molecule has 3 heterocycles. The van der Waals surface area contributed by atoms with E-state index in [1.807, 2.05) is 55.6 Å². The van der Waals surface area contributed by atoms with Crippen LogP contribution in [0.5, 0.6) is 5.75 Å². The number of carbonyl (C=O) groups is 1. The highest BCUT2D eigenvalue weighted by Gasteiger charge is 2.36. The Hall–Kier alpha value is -3.98. The third-order valence-corrected chi connectivity index (χ3v) is 6.63. The lowest BCUT2D eigenvalue weighted by Crippen LogP contribution is -2.45. The van der Waals surface area contributed by atoms with Crippen LogP contribution in [0.1, 0.15) is 36.2 Å². The first-order chi connectivity index (χ1) is 17.0. The average Bonchev–Trinajstić information content (AvgIpc) is 3.55. The number of ether oxygens (including phenoxy) is 1. The Kier molecular flexibility index (Phi) is 6.33. The monoisotopic (exact) mass is 490 g/mol. The molecule has 2 aromatic heterocycles. The molecule has 2 aromatic carbocycles. The first-order valence-corrected chi connectivity index (χ1v) is 12.1. The fourth-order valence-corrected chi connectivity index (χ4v) is 4.72. The number of nitrogens with one attached hydrogen (secondary N) is 1. The second-order valence-electron chi connectivity index (χ2n) is 7.98. The van der Waals surface area contributed by atoms with Gasteiger partial charge in [-0.3, -0.25) is 4.90 Å². The molecule has 0 saturated carbocycles. The number of aromatic nitrogens is 2. The van der Waals surface area contributed by atoms with Crippen LogP contribution in [0.2, 0.25) is 0 Å². The molecule has 1 aliphatic heterocycles. The minimum Gasteiger partial charge on any atom is -0.494 e. The van der Waals surface area contributed by atoms with Gasteiger partial charge in [0.2, 0.25) is 5.82 Å². The van der Waals surface area contributed by atoms with Crippen molar-refractivity contribution in [1.82, 2.24) is 20.4 Å². The summed E-state index contributed by atoms with van der Waals surface area (Å²) in [4.78, 5) is 20.5. The number of thiophene rings is 1. The number of amides is 2. The van der Waals surface area contributed by atoms with Gasteiger partial charge in [-0.15, -0.1) is 11.3 Å². The predicted octanol–water partition coefficient (Wildman–Crippen LogP) is 6.03. The lowest BCUT2D eigenvalue weighted by atomic mass is 9.94. The number of hydrogen-bond acceptors (Lipinski definition) is 6. The van der Waals surface area contributed by atoms with E-state index < -0.39 is 6.04 Å². The van der Waals surface area contributed by atoms with E-state index >= 15 is 0 Å². The van der Waals surface area contributed by atoms with E-state index in [1.54, 1.807) is 28.4 Å². The van der Waals surface area contributed by atoms with Crippen molar-refractivity contribution >= 4 is 22.9 Å². The molecule has 0 saturated heterocycles. The molecular weight excluding hydrogens is 467 g/mol. The molecule has 1 aliphatic rings. The van der Waals surface area contributed by atoms with Crippen LogP contribution in [-0.2, 0) is 6.54 Å². The molecule has 0 aliphatic carbocycles. The summed E-state index contributed by atoms with van der Waals surface area (Å²) in [5.74, 6) is 1.11. The minimum absolute atomic E-state index is 0.250. The minimum atomic E-state index is -0.573. The van der Waals surface area contributed by atoms with Gasteiger partial charge in [-0.05, 0) is 67.3 Å². The van der Waals surface area contributed by atoms with Crippen LogP contribution in [0.25, 0.3) is 17.0 Å². The second-order valence-corrected chi connectivity index (χ2v) is 9.01. The third-order valence-electron chi connectivity index (χ3n) is 5.77. The molecule has 35 heavy (non-hydrogen) atoms. The van der Waals surface area contributed by atoms with Gasteiger partial charge in [-0.1, -0.05) is 23.4 Å². The van der Waals surface area contributed by atoms with E-state index in [9.17, 15) is 9.18 Å². The topological polar surface area (TPSA) is 80.5 Å². The van der Waals surface area contributed by atoms with Crippen LogP contribution in [0.4, 0.5) is 9.18 Å². The number of rotatable bonds is 7. The van der Waals surface area contributed by atoms with Gasteiger partial charge in [-0.2, -0.15) is 4.98 Å². The van der Waals surface area contributed by atoms with Crippen molar-refractivity contribution in [3.05, 3.63) is 93.9 Å². The Morgan fingerprint density at radius 3 is 2.60 bits per heavy atom. The molecule has 178 valence electrons. The standard InChI is InChI=1S/C26H23FN4O3S/c1-3-33-20-12-8-18(9-13-20)24-29-25(34-30-24)22-16(2)31(15-21-5-4-14-35-21)26(32)28-23(22)17-6-10-19(27)11-7-17/h4-14,23H,3,15H2,1-2H3,(H,28,32). The maximum Gasteiger partial charge on any atom is 0.322 e.